The quantitative estimate of drug-likeness (QED) is 0.561. The van der Waals surface area contributed by atoms with Gasteiger partial charge in [0.15, 0.2) is 0 Å². The molecule has 3 N–H and O–H groups in total. The first kappa shape index (κ1) is 15.0. The van der Waals surface area contributed by atoms with Gasteiger partial charge in [-0.2, -0.15) is 0 Å². The Morgan fingerprint density at radius 1 is 1.32 bits per heavy atom. The summed E-state index contributed by atoms with van der Waals surface area (Å²) in [5, 5.41) is 9.12. The molecular formula is C13H16N6OS2. The molecule has 3 aromatic rings. The molecule has 0 fully saturated rings. The summed E-state index contributed by atoms with van der Waals surface area (Å²) in [6, 6.07) is 0. The van der Waals surface area contributed by atoms with E-state index in [-0.39, 0.29) is 10.8 Å². The molecule has 22 heavy (non-hydrogen) atoms. The second-order valence-electron chi connectivity index (χ2n) is 5.07. The Labute approximate surface area is 134 Å². The highest BCUT2D eigenvalue weighted by Gasteiger charge is 2.18. The van der Waals surface area contributed by atoms with Crippen molar-refractivity contribution in [2.75, 3.05) is 5.84 Å². The zero-order valence-electron chi connectivity index (χ0n) is 12.7. The highest BCUT2D eigenvalue weighted by atomic mass is 32.2. The number of aromatic nitrogens is 5. The van der Waals surface area contributed by atoms with Crippen LogP contribution in [0.15, 0.2) is 9.95 Å². The third kappa shape index (κ3) is 2.40. The van der Waals surface area contributed by atoms with E-state index in [2.05, 4.69) is 20.2 Å². The van der Waals surface area contributed by atoms with E-state index in [0.29, 0.717) is 22.2 Å². The van der Waals surface area contributed by atoms with Gasteiger partial charge in [-0.05, 0) is 33.3 Å². The smallest absolute Gasteiger partial charge is 0.259 e. The zero-order valence-corrected chi connectivity index (χ0v) is 14.3. The van der Waals surface area contributed by atoms with Gasteiger partial charge < -0.3 is 10.8 Å². The van der Waals surface area contributed by atoms with Gasteiger partial charge in [0.2, 0.25) is 5.16 Å². The molecule has 0 unspecified atom stereocenters. The largest absolute Gasteiger partial charge is 0.336 e. The van der Waals surface area contributed by atoms with Crippen LogP contribution in [0.2, 0.25) is 0 Å². The number of aryl methyl sites for hydroxylation is 3. The van der Waals surface area contributed by atoms with Gasteiger partial charge in [0.05, 0.1) is 10.6 Å². The maximum atomic E-state index is 12.3. The van der Waals surface area contributed by atoms with Gasteiger partial charge in [-0.25, -0.2) is 9.66 Å². The van der Waals surface area contributed by atoms with E-state index in [1.54, 1.807) is 6.92 Å². The molecule has 0 radical (unpaired) electrons. The predicted octanol–water partition coefficient (Wildman–Crippen LogP) is 2.07. The van der Waals surface area contributed by atoms with E-state index in [1.165, 1.54) is 27.8 Å². The Kier molecular flexibility index (Phi) is 3.69. The van der Waals surface area contributed by atoms with E-state index in [0.717, 1.165) is 15.3 Å². The second kappa shape index (κ2) is 5.40. The van der Waals surface area contributed by atoms with Crippen LogP contribution in [0.25, 0.3) is 10.2 Å². The molecule has 0 aliphatic rings. The first-order valence-corrected chi connectivity index (χ1v) is 8.41. The molecule has 0 saturated heterocycles. The molecule has 0 aliphatic carbocycles. The van der Waals surface area contributed by atoms with Gasteiger partial charge >= 0.3 is 0 Å². The lowest BCUT2D eigenvalue weighted by Crippen LogP contribution is -2.14. The lowest BCUT2D eigenvalue weighted by atomic mass is 10.2. The third-order valence-corrected chi connectivity index (χ3v) is 5.73. The van der Waals surface area contributed by atoms with Crippen LogP contribution in [-0.2, 0) is 0 Å². The number of nitrogens with zero attached hydrogens (tertiary/aromatic N) is 4. The average Bonchev–Trinajstić information content (AvgIpc) is 2.93. The molecule has 3 rings (SSSR count). The van der Waals surface area contributed by atoms with E-state index in [9.17, 15) is 4.79 Å². The molecule has 0 aliphatic heterocycles. The molecule has 7 nitrogen and oxygen atoms in total. The molecule has 0 saturated carbocycles. The number of rotatable bonds is 3. The lowest BCUT2D eigenvalue weighted by molar-refractivity contribution is 0.815. The molecule has 116 valence electrons. The van der Waals surface area contributed by atoms with Crippen molar-refractivity contribution in [2.24, 2.45) is 0 Å². The Hall–Kier alpha value is -1.87. The Balaban J connectivity index is 1.99. The average molecular weight is 336 g/mol. The number of nitrogens with one attached hydrogen (secondary N) is 1. The van der Waals surface area contributed by atoms with Gasteiger partial charge in [0.1, 0.15) is 16.5 Å². The van der Waals surface area contributed by atoms with Crippen molar-refractivity contribution in [1.29, 1.82) is 0 Å². The number of fused-ring (bicyclic) bond motifs is 1. The summed E-state index contributed by atoms with van der Waals surface area (Å²) in [5.41, 5.74) is 0.901. The van der Waals surface area contributed by atoms with Crippen molar-refractivity contribution in [1.82, 2.24) is 24.8 Å². The van der Waals surface area contributed by atoms with Crippen LogP contribution in [0.4, 0.5) is 0 Å². The minimum absolute atomic E-state index is 0.0919. The van der Waals surface area contributed by atoms with Gasteiger partial charge in [0.25, 0.3) is 5.56 Å². The summed E-state index contributed by atoms with van der Waals surface area (Å²) < 4.78 is 1.43. The molecule has 3 heterocycles. The molecule has 0 aromatic carbocycles. The normalized spacial score (nSPS) is 12.9. The van der Waals surface area contributed by atoms with Gasteiger partial charge in [-0.15, -0.1) is 21.5 Å². The number of thioether (sulfide) groups is 1. The van der Waals surface area contributed by atoms with E-state index < -0.39 is 0 Å². The molecule has 0 bridgehead atoms. The van der Waals surface area contributed by atoms with Crippen LogP contribution in [0.5, 0.6) is 0 Å². The number of thiophene rings is 1. The monoisotopic (exact) mass is 336 g/mol. The van der Waals surface area contributed by atoms with Gasteiger partial charge in [-0.1, -0.05) is 11.8 Å². The van der Waals surface area contributed by atoms with Crippen molar-refractivity contribution >= 4 is 33.3 Å². The van der Waals surface area contributed by atoms with Crippen LogP contribution in [0.1, 0.15) is 34.3 Å². The highest BCUT2D eigenvalue weighted by Crippen LogP contribution is 2.33. The first-order valence-electron chi connectivity index (χ1n) is 6.72. The van der Waals surface area contributed by atoms with Crippen molar-refractivity contribution in [3.63, 3.8) is 0 Å². The minimum atomic E-state index is -0.0975. The number of hydrogen-bond acceptors (Lipinski definition) is 7. The zero-order chi connectivity index (χ0) is 16.0. The summed E-state index contributed by atoms with van der Waals surface area (Å²) >= 11 is 2.95. The minimum Gasteiger partial charge on any atom is -0.336 e. The number of H-pyrrole nitrogens is 1. The molecule has 3 aromatic heterocycles. The topological polar surface area (TPSA) is 102 Å². The van der Waals surface area contributed by atoms with E-state index in [1.807, 2.05) is 20.8 Å². The predicted molar refractivity (Wildman–Crippen MR) is 88.9 cm³/mol. The Bertz CT molecular complexity index is 909. The van der Waals surface area contributed by atoms with E-state index >= 15 is 0 Å². The van der Waals surface area contributed by atoms with Crippen molar-refractivity contribution in [3.8, 4) is 0 Å². The second-order valence-corrected chi connectivity index (χ2v) is 7.59. The lowest BCUT2D eigenvalue weighted by Gasteiger charge is -2.09. The molecular weight excluding hydrogens is 320 g/mol. The van der Waals surface area contributed by atoms with Crippen molar-refractivity contribution < 1.29 is 0 Å². The molecule has 0 spiro atoms. The van der Waals surface area contributed by atoms with Crippen molar-refractivity contribution in [2.45, 2.75) is 38.1 Å². The SMILES string of the molecule is Cc1sc2nc([C@H](C)Sc3nnc(C)n3N)[nH]c(=O)c2c1C. The number of aromatic amines is 1. The number of hydrogen-bond donors (Lipinski definition) is 2. The Morgan fingerprint density at radius 3 is 2.68 bits per heavy atom. The maximum Gasteiger partial charge on any atom is 0.259 e. The molecule has 9 heteroatoms. The van der Waals surface area contributed by atoms with E-state index in [4.69, 9.17) is 5.84 Å². The highest BCUT2D eigenvalue weighted by molar-refractivity contribution is 7.99. The standard InChI is InChI=1S/C13H16N6OS2/c1-5-6(2)21-12-9(5)11(20)15-10(16-12)7(3)22-13-18-17-8(4)19(13)14/h7H,14H2,1-4H3,(H,15,16,20)/t7-/m0/s1. The summed E-state index contributed by atoms with van der Waals surface area (Å²) in [4.78, 5) is 21.7. The van der Waals surface area contributed by atoms with Crippen LogP contribution in [-0.4, -0.2) is 24.8 Å². The van der Waals surface area contributed by atoms with Crippen LogP contribution in [0, 0.1) is 20.8 Å². The fourth-order valence-corrected chi connectivity index (χ4v) is 4.02. The van der Waals surface area contributed by atoms with Crippen LogP contribution >= 0.6 is 23.1 Å². The van der Waals surface area contributed by atoms with Gasteiger partial charge in [-0.3, -0.25) is 4.79 Å². The third-order valence-electron chi connectivity index (χ3n) is 3.56. The fraction of sp³-hybridized carbons (Fsp3) is 0.385. The summed E-state index contributed by atoms with van der Waals surface area (Å²) in [7, 11) is 0. The number of nitrogens with two attached hydrogens (primary N) is 1. The molecule has 0 amide bonds. The summed E-state index contributed by atoms with van der Waals surface area (Å²) in [5.74, 6) is 7.10. The van der Waals surface area contributed by atoms with Crippen molar-refractivity contribution in [3.05, 3.63) is 32.4 Å². The summed E-state index contributed by atoms with van der Waals surface area (Å²) in [6.07, 6.45) is 0. The summed E-state index contributed by atoms with van der Waals surface area (Å²) in [6.45, 7) is 7.68. The number of nitrogen functional groups attached to an aromatic ring is 1. The maximum absolute atomic E-state index is 12.3. The van der Waals surface area contributed by atoms with Crippen LogP contribution in [0.3, 0.4) is 0 Å². The fourth-order valence-electron chi connectivity index (χ4n) is 2.11. The molecule has 1 atom stereocenters. The first-order chi connectivity index (χ1) is 10.4. The Morgan fingerprint density at radius 2 is 2.05 bits per heavy atom. The van der Waals surface area contributed by atoms with Crippen LogP contribution < -0.4 is 11.4 Å². The van der Waals surface area contributed by atoms with Gasteiger partial charge in [0, 0.05) is 4.88 Å².